The number of rotatable bonds is 5. The molecule has 10 heteroatoms. The summed E-state index contributed by atoms with van der Waals surface area (Å²) in [6.45, 7) is 1.39. The average molecular weight is 414 g/mol. The lowest BCUT2D eigenvalue weighted by molar-refractivity contribution is -0.732. The zero-order chi connectivity index (χ0) is 21.4. The van der Waals surface area contributed by atoms with Gasteiger partial charge in [0.1, 0.15) is 25.1 Å². The Bertz CT molecular complexity index is 1160. The molecule has 10 nitrogen and oxygen atoms in total. The highest BCUT2D eigenvalue weighted by Crippen LogP contribution is 2.37. The van der Waals surface area contributed by atoms with Crippen LogP contribution in [0.5, 0.6) is 5.75 Å². The Morgan fingerprint density at radius 3 is 2.73 bits per heavy atom. The Morgan fingerprint density at radius 2 is 2.07 bits per heavy atom. The Hall–Kier alpha value is -3.24. The fourth-order valence-corrected chi connectivity index (χ4v) is 3.78. The molecular weight excluding hydrogens is 390 g/mol. The molecule has 0 amide bonds. The minimum Gasteiger partial charge on any atom is -0.497 e. The Kier molecular flexibility index (Phi) is 5.27. The van der Waals surface area contributed by atoms with E-state index >= 15 is 0 Å². The molecule has 0 radical (unpaired) electrons. The summed E-state index contributed by atoms with van der Waals surface area (Å²) >= 11 is 0. The topological polar surface area (TPSA) is 115 Å². The molecule has 3 aromatic rings. The van der Waals surface area contributed by atoms with Gasteiger partial charge in [-0.25, -0.2) is 4.79 Å². The van der Waals surface area contributed by atoms with Crippen LogP contribution in [0.4, 0.5) is 0 Å². The van der Waals surface area contributed by atoms with E-state index in [1.54, 1.807) is 18.7 Å². The number of aliphatic hydroxyl groups excluding tert-OH is 1. The number of aromatic nitrogens is 5. The highest BCUT2D eigenvalue weighted by atomic mass is 16.5. The van der Waals surface area contributed by atoms with Crippen molar-refractivity contribution in [2.24, 2.45) is 7.05 Å². The summed E-state index contributed by atoms with van der Waals surface area (Å²) in [6.07, 6.45) is 2.58. The molecule has 1 aliphatic rings. The van der Waals surface area contributed by atoms with E-state index in [1.807, 2.05) is 42.2 Å². The summed E-state index contributed by atoms with van der Waals surface area (Å²) in [6, 6.07) is 7.30. The third-order valence-corrected chi connectivity index (χ3v) is 5.33. The van der Waals surface area contributed by atoms with Crippen LogP contribution in [0, 0.1) is 6.92 Å². The van der Waals surface area contributed by atoms with Crippen molar-refractivity contribution in [1.29, 1.82) is 0 Å². The van der Waals surface area contributed by atoms with E-state index in [1.165, 1.54) is 10.8 Å². The number of methoxy groups -OCH3 is 1. The molecule has 0 bridgehead atoms. The first kappa shape index (κ1) is 20.0. The van der Waals surface area contributed by atoms with Gasteiger partial charge < -0.3 is 14.6 Å². The predicted octanol–water partition coefficient (Wildman–Crippen LogP) is 0.0627. The third kappa shape index (κ3) is 3.55. The predicted molar refractivity (Wildman–Crippen MR) is 106 cm³/mol. The fraction of sp³-hybridized carbons (Fsp3) is 0.400. The van der Waals surface area contributed by atoms with Crippen molar-refractivity contribution in [1.82, 2.24) is 19.4 Å². The second-order valence-corrected chi connectivity index (χ2v) is 7.34. The Balaban J connectivity index is 1.71. The Morgan fingerprint density at radius 1 is 1.33 bits per heavy atom. The van der Waals surface area contributed by atoms with Gasteiger partial charge in [0.15, 0.2) is 17.9 Å². The number of aryl methyl sites for hydroxylation is 2. The number of nitrogens with one attached hydrogen (secondary N) is 1. The molecule has 4 rings (SSSR count). The molecule has 0 aliphatic carbocycles. The maximum Gasteiger partial charge on any atom is 0.330 e. The number of hydrogen-bond acceptors (Lipinski definition) is 6. The van der Waals surface area contributed by atoms with Crippen molar-refractivity contribution < 1.29 is 19.3 Å². The van der Waals surface area contributed by atoms with Gasteiger partial charge >= 0.3 is 5.69 Å². The SMILES string of the molecule is COc1ccc(-c2c[n+](C)nn2[C@H]2C[C@H](n3cc(C)c(=O)[nH]c3=O)O[C@@H]2CO)cc1. The maximum absolute atomic E-state index is 12.3. The fourth-order valence-electron chi connectivity index (χ4n) is 3.78. The molecular formula is C20H24N5O5+. The van der Waals surface area contributed by atoms with Crippen LogP contribution < -0.4 is 20.7 Å². The number of aliphatic hydroxyl groups is 1. The highest BCUT2D eigenvalue weighted by Gasteiger charge is 2.43. The van der Waals surface area contributed by atoms with Crippen molar-refractivity contribution in [2.75, 3.05) is 13.7 Å². The van der Waals surface area contributed by atoms with Crippen molar-refractivity contribution in [3.8, 4) is 17.0 Å². The van der Waals surface area contributed by atoms with E-state index in [2.05, 4.69) is 10.2 Å². The van der Waals surface area contributed by atoms with Crippen molar-refractivity contribution >= 4 is 0 Å². The number of hydrogen-bond donors (Lipinski definition) is 2. The number of aromatic amines is 1. The third-order valence-electron chi connectivity index (χ3n) is 5.33. The summed E-state index contributed by atoms with van der Waals surface area (Å²) in [7, 11) is 3.43. The highest BCUT2D eigenvalue weighted by molar-refractivity contribution is 5.59. The quantitative estimate of drug-likeness (QED) is 0.571. The van der Waals surface area contributed by atoms with Crippen LogP contribution in [0.2, 0.25) is 0 Å². The number of nitrogens with zero attached hydrogens (tertiary/aromatic N) is 4. The van der Waals surface area contributed by atoms with Crippen LogP contribution in [-0.2, 0) is 11.8 Å². The number of benzene rings is 1. The molecule has 1 aromatic carbocycles. The number of ether oxygens (including phenoxy) is 2. The summed E-state index contributed by atoms with van der Waals surface area (Å²) in [5.41, 5.74) is 1.21. The van der Waals surface area contributed by atoms with Crippen molar-refractivity contribution in [2.45, 2.75) is 31.7 Å². The van der Waals surface area contributed by atoms with Gasteiger partial charge in [-0.3, -0.25) is 14.3 Å². The first-order chi connectivity index (χ1) is 14.4. The minimum atomic E-state index is -0.631. The zero-order valence-electron chi connectivity index (χ0n) is 17.0. The molecule has 1 aliphatic heterocycles. The minimum absolute atomic E-state index is 0.232. The van der Waals surface area contributed by atoms with E-state index in [0.29, 0.717) is 12.0 Å². The van der Waals surface area contributed by atoms with Crippen molar-refractivity contribution in [3.63, 3.8) is 0 Å². The van der Waals surface area contributed by atoms with Crippen LogP contribution in [-0.4, -0.2) is 44.4 Å². The maximum atomic E-state index is 12.3. The van der Waals surface area contributed by atoms with Gasteiger partial charge in [-0.2, -0.15) is 0 Å². The molecule has 30 heavy (non-hydrogen) atoms. The molecule has 0 spiro atoms. The first-order valence-electron chi connectivity index (χ1n) is 9.59. The normalized spacial score (nSPS) is 21.1. The second kappa shape index (κ2) is 7.88. The van der Waals surface area contributed by atoms with Crippen LogP contribution in [0.25, 0.3) is 11.3 Å². The molecule has 0 unspecified atom stereocenters. The van der Waals surface area contributed by atoms with E-state index in [0.717, 1.165) is 17.0 Å². The molecule has 1 fully saturated rings. The molecule has 3 heterocycles. The van der Waals surface area contributed by atoms with E-state index < -0.39 is 23.6 Å². The van der Waals surface area contributed by atoms with Gasteiger partial charge in [0.05, 0.1) is 18.9 Å². The lowest BCUT2D eigenvalue weighted by atomic mass is 10.1. The van der Waals surface area contributed by atoms with E-state index in [9.17, 15) is 14.7 Å². The van der Waals surface area contributed by atoms with Crippen LogP contribution in [0.15, 0.2) is 46.2 Å². The summed E-state index contributed by atoms with van der Waals surface area (Å²) < 4.78 is 16.1. The van der Waals surface area contributed by atoms with Gasteiger partial charge in [-0.05, 0) is 31.2 Å². The number of H-pyrrole nitrogens is 1. The molecule has 3 atom stereocenters. The smallest absolute Gasteiger partial charge is 0.330 e. The monoisotopic (exact) mass is 414 g/mol. The molecule has 2 aromatic heterocycles. The van der Waals surface area contributed by atoms with Gasteiger partial charge in [-0.15, -0.1) is 9.36 Å². The van der Waals surface area contributed by atoms with Crippen LogP contribution in [0.3, 0.4) is 0 Å². The van der Waals surface area contributed by atoms with Gasteiger partial charge in [0.2, 0.25) is 0 Å². The summed E-state index contributed by atoms with van der Waals surface area (Å²) in [4.78, 5) is 26.3. The van der Waals surface area contributed by atoms with E-state index in [-0.39, 0.29) is 12.6 Å². The summed E-state index contributed by atoms with van der Waals surface area (Å²) in [5, 5.41) is 14.5. The van der Waals surface area contributed by atoms with Crippen LogP contribution in [0.1, 0.15) is 24.3 Å². The molecule has 2 N–H and O–H groups in total. The largest absolute Gasteiger partial charge is 0.497 e. The lowest BCUT2D eigenvalue weighted by Crippen LogP contribution is -2.33. The second-order valence-electron chi connectivity index (χ2n) is 7.34. The summed E-state index contributed by atoms with van der Waals surface area (Å²) in [5.74, 6) is 0.750. The molecule has 0 saturated carbocycles. The zero-order valence-corrected chi connectivity index (χ0v) is 17.0. The molecule has 1 saturated heterocycles. The molecule has 158 valence electrons. The van der Waals surface area contributed by atoms with Crippen molar-refractivity contribution in [3.05, 3.63) is 63.1 Å². The average Bonchev–Trinajstić information content (AvgIpc) is 3.34. The Labute approximate surface area is 171 Å². The standard InChI is InChI=1S/C20H23N5O5/c1-12-9-24(20(28)21-19(12)27)18-8-15(17(11-26)30-18)25-16(10-23(2)22-25)13-4-6-14(29-3)7-5-13/h4-7,9-10,15,17-18,26H,8,11H2,1-3H3/p+1/t15-,17+,18+/m0/s1. The lowest BCUT2D eigenvalue weighted by Gasteiger charge is -2.14. The first-order valence-corrected chi connectivity index (χ1v) is 9.59. The van der Waals surface area contributed by atoms with Crippen LogP contribution >= 0.6 is 0 Å². The van der Waals surface area contributed by atoms with Gasteiger partial charge in [0.25, 0.3) is 5.56 Å². The van der Waals surface area contributed by atoms with Gasteiger partial charge in [-0.1, -0.05) is 0 Å². The van der Waals surface area contributed by atoms with E-state index in [4.69, 9.17) is 9.47 Å². The van der Waals surface area contributed by atoms with Gasteiger partial charge in [0, 0.05) is 23.7 Å².